The van der Waals surface area contributed by atoms with Gasteiger partial charge in [0.2, 0.25) is 5.88 Å². The Balaban J connectivity index is 1.39. The van der Waals surface area contributed by atoms with Crippen LogP contribution in [0.4, 0.5) is 23.8 Å². The van der Waals surface area contributed by atoms with Crippen molar-refractivity contribution >= 4 is 17.9 Å². The number of ether oxygens (including phenoxy) is 1. The summed E-state index contributed by atoms with van der Waals surface area (Å²) in [5, 5.41) is 20.7. The molecule has 2 aromatic heterocycles. The van der Waals surface area contributed by atoms with Gasteiger partial charge in [-0.15, -0.1) is 5.10 Å². The number of amides is 2. The Morgan fingerprint density at radius 1 is 1.21 bits per heavy atom. The van der Waals surface area contributed by atoms with E-state index in [9.17, 15) is 23.1 Å². The second kappa shape index (κ2) is 9.87. The lowest BCUT2D eigenvalue weighted by atomic mass is 9.98. The Morgan fingerprint density at radius 3 is 2.74 bits per heavy atom. The van der Waals surface area contributed by atoms with Crippen molar-refractivity contribution in [3.05, 3.63) is 77.6 Å². The topological polar surface area (TPSA) is 100 Å². The highest BCUT2D eigenvalue weighted by atomic mass is 19.4. The molecular formula is C23H20F3N5O3. The van der Waals surface area contributed by atoms with E-state index in [1.165, 1.54) is 11.1 Å². The minimum absolute atomic E-state index is 0.0280. The number of β-amino-alcohol motifs (C(OH)–C–C–N with tert-alkyl or cyclic N) is 1. The molecule has 1 saturated heterocycles. The van der Waals surface area contributed by atoms with Gasteiger partial charge in [0.05, 0.1) is 18.2 Å². The van der Waals surface area contributed by atoms with Crippen molar-refractivity contribution in [3.8, 4) is 11.6 Å². The van der Waals surface area contributed by atoms with E-state index in [2.05, 4.69) is 20.5 Å². The van der Waals surface area contributed by atoms with Gasteiger partial charge in [-0.1, -0.05) is 18.2 Å². The maximum Gasteiger partial charge on any atom is 0.417 e. The van der Waals surface area contributed by atoms with Crippen LogP contribution in [0.1, 0.15) is 17.5 Å². The van der Waals surface area contributed by atoms with Gasteiger partial charge >= 0.3 is 12.2 Å². The zero-order valence-electron chi connectivity index (χ0n) is 17.7. The number of benzene rings is 1. The van der Waals surface area contributed by atoms with Crippen LogP contribution in [-0.4, -0.2) is 50.4 Å². The second-order valence-corrected chi connectivity index (χ2v) is 7.53. The van der Waals surface area contributed by atoms with E-state index in [-0.39, 0.29) is 18.5 Å². The van der Waals surface area contributed by atoms with Gasteiger partial charge in [0.1, 0.15) is 5.75 Å². The van der Waals surface area contributed by atoms with Crippen LogP contribution < -0.4 is 10.1 Å². The van der Waals surface area contributed by atoms with E-state index in [0.29, 0.717) is 30.7 Å². The van der Waals surface area contributed by atoms with Crippen molar-refractivity contribution in [2.24, 2.45) is 0 Å². The molecule has 0 saturated carbocycles. The number of halogens is 3. The summed E-state index contributed by atoms with van der Waals surface area (Å²) >= 11 is 0. The standard InChI is InChI=1S/C23H20F3N5O3/c24-23(25,26)17-6-7-21(27-13-17)34-18-4-1-3-15(12-18)11-16-8-10-31(14-19(16)32)22(33)29-20-5-2-9-28-30-20/h1-7,9,11-13,19,32H,8,10,14H2,(H,29,30,33). The van der Waals surface area contributed by atoms with Gasteiger partial charge in [-0.2, -0.15) is 18.3 Å². The molecule has 3 heterocycles. The molecule has 2 amide bonds. The van der Waals surface area contributed by atoms with Gasteiger partial charge in [0, 0.05) is 25.0 Å². The van der Waals surface area contributed by atoms with Crippen LogP contribution in [0.25, 0.3) is 6.08 Å². The number of aliphatic hydroxyl groups is 1. The van der Waals surface area contributed by atoms with E-state index >= 15 is 0 Å². The number of hydrogen-bond acceptors (Lipinski definition) is 6. The number of carbonyl (C=O) groups excluding carboxylic acids is 1. The Hall–Kier alpha value is -3.99. The molecule has 1 atom stereocenters. The third-order valence-electron chi connectivity index (χ3n) is 5.08. The monoisotopic (exact) mass is 471 g/mol. The van der Waals surface area contributed by atoms with Crippen LogP contribution >= 0.6 is 0 Å². The van der Waals surface area contributed by atoms with Gasteiger partial charge in [-0.05, 0) is 47.9 Å². The average Bonchev–Trinajstić information content (AvgIpc) is 2.81. The minimum atomic E-state index is -4.47. The van der Waals surface area contributed by atoms with E-state index < -0.39 is 17.8 Å². The minimum Gasteiger partial charge on any atom is -0.439 e. The lowest BCUT2D eigenvalue weighted by Gasteiger charge is -2.32. The summed E-state index contributed by atoms with van der Waals surface area (Å²) in [5.74, 6) is 0.736. The highest BCUT2D eigenvalue weighted by Gasteiger charge is 2.30. The van der Waals surface area contributed by atoms with Crippen molar-refractivity contribution < 1.29 is 27.8 Å². The first kappa shape index (κ1) is 23.2. The fraction of sp³-hybridized carbons (Fsp3) is 0.217. The molecule has 0 bridgehead atoms. The molecular weight excluding hydrogens is 451 g/mol. The number of aromatic nitrogens is 3. The second-order valence-electron chi connectivity index (χ2n) is 7.53. The largest absolute Gasteiger partial charge is 0.439 e. The number of nitrogens with zero attached hydrogens (tertiary/aromatic N) is 4. The Labute approximate surface area is 192 Å². The number of aliphatic hydroxyl groups excluding tert-OH is 1. The molecule has 0 aliphatic carbocycles. The van der Waals surface area contributed by atoms with E-state index in [1.807, 2.05) is 0 Å². The van der Waals surface area contributed by atoms with Crippen LogP contribution in [0.5, 0.6) is 11.6 Å². The summed E-state index contributed by atoms with van der Waals surface area (Å²) in [4.78, 5) is 17.6. The predicted octanol–water partition coefficient (Wildman–Crippen LogP) is 4.36. The quantitative estimate of drug-likeness (QED) is 0.586. The van der Waals surface area contributed by atoms with Gasteiger partial charge < -0.3 is 14.7 Å². The summed E-state index contributed by atoms with van der Waals surface area (Å²) in [7, 11) is 0. The predicted molar refractivity (Wildman–Crippen MR) is 117 cm³/mol. The molecule has 34 heavy (non-hydrogen) atoms. The molecule has 176 valence electrons. The maximum atomic E-state index is 12.7. The average molecular weight is 471 g/mol. The number of carbonyl (C=O) groups is 1. The number of pyridine rings is 1. The molecule has 3 aromatic rings. The highest BCUT2D eigenvalue weighted by molar-refractivity contribution is 5.88. The van der Waals surface area contributed by atoms with Crippen LogP contribution in [0.3, 0.4) is 0 Å². The number of alkyl halides is 3. The van der Waals surface area contributed by atoms with Crippen molar-refractivity contribution in [1.29, 1.82) is 0 Å². The van der Waals surface area contributed by atoms with Gasteiger partial charge in [-0.25, -0.2) is 9.78 Å². The lowest BCUT2D eigenvalue weighted by molar-refractivity contribution is -0.137. The Kier molecular flexibility index (Phi) is 6.73. The molecule has 1 aliphatic heterocycles. The molecule has 1 unspecified atom stereocenters. The summed E-state index contributed by atoms with van der Waals surface area (Å²) in [6.07, 6.45) is -0.855. The molecule has 2 N–H and O–H groups in total. The summed E-state index contributed by atoms with van der Waals surface area (Å²) < 4.78 is 43.6. The Bertz CT molecular complexity index is 1170. The molecule has 8 nitrogen and oxygen atoms in total. The van der Waals surface area contributed by atoms with Crippen LogP contribution in [0.15, 0.2) is 66.5 Å². The number of nitrogens with one attached hydrogen (secondary N) is 1. The number of rotatable bonds is 4. The maximum absolute atomic E-state index is 12.7. The number of anilines is 1. The van der Waals surface area contributed by atoms with Gasteiger partial charge in [-0.3, -0.25) is 5.32 Å². The third-order valence-corrected chi connectivity index (χ3v) is 5.08. The van der Waals surface area contributed by atoms with E-state index in [4.69, 9.17) is 4.74 Å². The first-order chi connectivity index (χ1) is 16.3. The number of likely N-dealkylation sites (tertiary alicyclic amines) is 1. The summed E-state index contributed by atoms with van der Waals surface area (Å²) in [6, 6.07) is 11.8. The molecule has 11 heteroatoms. The van der Waals surface area contributed by atoms with Gasteiger partial charge in [0.25, 0.3) is 0 Å². The number of piperidine rings is 1. The summed E-state index contributed by atoms with van der Waals surface area (Å²) in [6.45, 7) is 0.518. The SMILES string of the molecule is O=C(Nc1cccnn1)N1CCC(=Cc2cccc(Oc3ccc(C(F)(F)F)cn3)c2)C(O)C1. The smallest absolute Gasteiger partial charge is 0.417 e. The normalized spacial score (nSPS) is 17.5. The molecule has 0 spiro atoms. The highest BCUT2D eigenvalue weighted by Crippen LogP contribution is 2.30. The molecule has 0 radical (unpaired) electrons. The third kappa shape index (κ3) is 5.87. The van der Waals surface area contributed by atoms with Crippen molar-refractivity contribution in [1.82, 2.24) is 20.1 Å². The lowest BCUT2D eigenvalue weighted by Crippen LogP contribution is -2.45. The first-order valence-corrected chi connectivity index (χ1v) is 10.3. The summed E-state index contributed by atoms with van der Waals surface area (Å²) in [5.41, 5.74) is 0.619. The van der Waals surface area contributed by atoms with Crippen molar-refractivity contribution in [2.75, 3.05) is 18.4 Å². The van der Waals surface area contributed by atoms with Crippen molar-refractivity contribution in [2.45, 2.75) is 18.7 Å². The van der Waals surface area contributed by atoms with E-state index in [1.54, 1.807) is 42.5 Å². The van der Waals surface area contributed by atoms with Crippen LogP contribution in [-0.2, 0) is 6.18 Å². The fourth-order valence-corrected chi connectivity index (χ4v) is 3.37. The fourth-order valence-electron chi connectivity index (χ4n) is 3.37. The molecule has 4 rings (SSSR count). The number of hydrogen-bond donors (Lipinski definition) is 2. The van der Waals surface area contributed by atoms with Gasteiger partial charge in [0.15, 0.2) is 5.82 Å². The molecule has 1 aliphatic rings. The molecule has 1 fully saturated rings. The van der Waals surface area contributed by atoms with Crippen LogP contribution in [0.2, 0.25) is 0 Å². The zero-order chi connectivity index (χ0) is 24.1. The van der Waals surface area contributed by atoms with Crippen LogP contribution in [0, 0.1) is 0 Å². The first-order valence-electron chi connectivity index (χ1n) is 10.3. The Morgan fingerprint density at radius 2 is 2.06 bits per heavy atom. The van der Waals surface area contributed by atoms with Crippen molar-refractivity contribution in [3.63, 3.8) is 0 Å². The zero-order valence-corrected chi connectivity index (χ0v) is 17.7. The molecule has 1 aromatic carbocycles. The number of urea groups is 1. The van der Waals surface area contributed by atoms with E-state index in [0.717, 1.165) is 23.3 Å².